The molecule has 0 bridgehead atoms. The van der Waals surface area contributed by atoms with Gasteiger partial charge < -0.3 is 5.32 Å². The highest BCUT2D eigenvalue weighted by molar-refractivity contribution is 7.99. The van der Waals surface area contributed by atoms with Crippen LogP contribution in [-0.2, 0) is 12.8 Å². The predicted octanol–water partition coefficient (Wildman–Crippen LogP) is 2.93. The molecule has 80 valence electrons. The second kappa shape index (κ2) is 3.84. The Hall–Kier alpha value is -0.470. The van der Waals surface area contributed by atoms with E-state index in [2.05, 4.69) is 24.5 Å². The van der Waals surface area contributed by atoms with E-state index in [0.717, 1.165) is 0 Å². The third-order valence-corrected chi connectivity index (χ3v) is 4.72. The number of aryl methyl sites for hydroxylation is 2. The number of hydrogen-bond donors (Lipinski definition) is 1. The molecule has 0 spiro atoms. The summed E-state index contributed by atoms with van der Waals surface area (Å²) in [6.45, 7) is 0. The molecule has 0 saturated heterocycles. The molecule has 15 heavy (non-hydrogen) atoms. The molecule has 3 rings (SSSR count). The molecule has 1 aliphatic heterocycles. The molecule has 1 nitrogen and oxygen atoms in total. The molecule has 0 fully saturated rings. The quantitative estimate of drug-likeness (QED) is 0.779. The van der Waals surface area contributed by atoms with Gasteiger partial charge in [-0.1, -0.05) is 6.07 Å². The first-order chi connectivity index (χ1) is 7.38. The van der Waals surface area contributed by atoms with Gasteiger partial charge in [0.05, 0.1) is 0 Å². The van der Waals surface area contributed by atoms with Crippen LogP contribution in [0.4, 0.5) is 0 Å². The number of hydrogen-bond acceptors (Lipinski definition) is 2. The fourth-order valence-electron chi connectivity index (χ4n) is 2.76. The van der Waals surface area contributed by atoms with Gasteiger partial charge in [0, 0.05) is 10.9 Å². The molecule has 0 saturated carbocycles. The van der Waals surface area contributed by atoms with Gasteiger partial charge in [0.2, 0.25) is 0 Å². The zero-order valence-corrected chi connectivity index (χ0v) is 9.99. The molecular weight excluding hydrogens is 202 g/mol. The number of benzene rings is 1. The largest absolute Gasteiger partial charge is 0.313 e. The summed E-state index contributed by atoms with van der Waals surface area (Å²) in [6.07, 6.45) is 5.22. The fraction of sp³-hybridized carbons (Fsp3) is 0.538. The Balaban J connectivity index is 2.08. The first kappa shape index (κ1) is 9.73. The molecular formula is C13H17NS. The minimum atomic E-state index is 0.590. The van der Waals surface area contributed by atoms with Crippen LogP contribution in [-0.4, -0.2) is 12.8 Å². The summed E-state index contributed by atoms with van der Waals surface area (Å²) in [5, 5.41) is 3.44. The number of thioether (sulfide) groups is 1. The van der Waals surface area contributed by atoms with Crippen molar-refractivity contribution < 1.29 is 0 Å². The minimum Gasteiger partial charge on any atom is -0.313 e. The summed E-state index contributed by atoms with van der Waals surface area (Å²) in [5.41, 5.74) is 4.77. The van der Waals surface area contributed by atoms with E-state index in [4.69, 9.17) is 0 Å². The number of rotatable bonds is 1. The lowest BCUT2D eigenvalue weighted by atomic mass is 9.99. The first-order valence-electron chi connectivity index (χ1n) is 5.84. The van der Waals surface area contributed by atoms with Crippen molar-refractivity contribution in [3.8, 4) is 0 Å². The summed E-state index contributed by atoms with van der Waals surface area (Å²) in [4.78, 5) is 1.53. The van der Waals surface area contributed by atoms with Crippen LogP contribution < -0.4 is 5.32 Å². The lowest BCUT2D eigenvalue weighted by Crippen LogP contribution is -2.20. The standard InChI is InChI=1S/C13H17NS/c1-14-12-5-6-15-13-8-10-4-2-3-9(10)7-11(12)13/h7-8,12,14H,2-6H2,1H3. The van der Waals surface area contributed by atoms with Crippen molar-refractivity contribution in [2.24, 2.45) is 0 Å². The normalized spacial score (nSPS) is 23.7. The molecule has 0 aromatic heterocycles. The Kier molecular flexibility index (Phi) is 2.49. The van der Waals surface area contributed by atoms with Crippen molar-refractivity contribution in [3.05, 3.63) is 28.8 Å². The van der Waals surface area contributed by atoms with Gasteiger partial charge in [-0.25, -0.2) is 0 Å². The van der Waals surface area contributed by atoms with Gasteiger partial charge in [-0.3, -0.25) is 0 Å². The molecule has 0 amide bonds. The average Bonchev–Trinajstić information content (AvgIpc) is 2.72. The molecule has 1 heterocycles. The Morgan fingerprint density at radius 2 is 2.07 bits per heavy atom. The van der Waals surface area contributed by atoms with E-state index in [9.17, 15) is 0 Å². The molecule has 1 atom stereocenters. The van der Waals surface area contributed by atoms with Gasteiger partial charge in [0.1, 0.15) is 0 Å². The van der Waals surface area contributed by atoms with Crippen molar-refractivity contribution in [2.75, 3.05) is 12.8 Å². The molecule has 1 aromatic carbocycles. The lowest BCUT2D eigenvalue weighted by Gasteiger charge is -2.25. The lowest BCUT2D eigenvalue weighted by molar-refractivity contribution is 0.564. The monoisotopic (exact) mass is 219 g/mol. The van der Waals surface area contributed by atoms with E-state index >= 15 is 0 Å². The van der Waals surface area contributed by atoms with Crippen LogP contribution in [0.2, 0.25) is 0 Å². The highest BCUT2D eigenvalue weighted by Crippen LogP contribution is 2.39. The van der Waals surface area contributed by atoms with Gasteiger partial charge >= 0.3 is 0 Å². The van der Waals surface area contributed by atoms with Crippen LogP contribution in [0.1, 0.15) is 35.6 Å². The molecule has 0 radical (unpaired) electrons. The third kappa shape index (κ3) is 1.60. The van der Waals surface area contributed by atoms with E-state index < -0.39 is 0 Å². The van der Waals surface area contributed by atoms with Gasteiger partial charge in [-0.2, -0.15) is 0 Å². The van der Waals surface area contributed by atoms with E-state index in [-0.39, 0.29) is 0 Å². The van der Waals surface area contributed by atoms with Crippen molar-refractivity contribution in [1.29, 1.82) is 0 Å². The molecule has 2 aliphatic rings. The average molecular weight is 219 g/mol. The SMILES string of the molecule is CNC1CCSc2cc3c(cc21)CCC3. The van der Waals surface area contributed by atoms with Gasteiger partial charge in [0.25, 0.3) is 0 Å². The summed E-state index contributed by atoms with van der Waals surface area (Å²) < 4.78 is 0. The van der Waals surface area contributed by atoms with Crippen molar-refractivity contribution in [3.63, 3.8) is 0 Å². The van der Waals surface area contributed by atoms with E-state index in [1.165, 1.54) is 36.3 Å². The van der Waals surface area contributed by atoms with Crippen LogP contribution in [0.5, 0.6) is 0 Å². The van der Waals surface area contributed by atoms with Crippen molar-refractivity contribution in [2.45, 2.75) is 36.6 Å². The van der Waals surface area contributed by atoms with E-state index in [1.807, 2.05) is 11.8 Å². The van der Waals surface area contributed by atoms with Crippen LogP contribution in [0, 0.1) is 0 Å². The number of nitrogens with one attached hydrogen (secondary N) is 1. The maximum Gasteiger partial charge on any atom is 0.0336 e. The topological polar surface area (TPSA) is 12.0 Å². The molecule has 1 aromatic rings. The minimum absolute atomic E-state index is 0.590. The number of fused-ring (bicyclic) bond motifs is 2. The highest BCUT2D eigenvalue weighted by Gasteiger charge is 2.22. The molecule has 1 aliphatic carbocycles. The second-order valence-electron chi connectivity index (χ2n) is 4.49. The Labute approximate surface area is 95.6 Å². The molecule has 2 heteroatoms. The molecule has 1 unspecified atom stereocenters. The molecule has 1 N–H and O–H groups in total. The fourth-order valence-corrected chi connectivity index (χ4v) is 3.93. The Bertz CT molecular complexity index is 386. The van der Waals surface area contributed by atoms with Gasteiger partial charge in [-0.05, 0) is 61.2 Å². The summed E-state index contributed by atoms with van der Waals surface area (Å²) in [5.74, 6) is 1.26. The van der Waals surface area contributed by atoms with Crippen molar-refractivity contribution in [1.82, 2.24) is 5.32 Å². The van der Waals surface area contributed by atoms with E-state index in [0.29, 0.717) is 6.04 Å². The van der Waals surface area contributed by atoms with Crippen LogP contribution in [0.3, 0.4) is 0 Å². The van der Waals surface area contributed by atoms with Crippen molar-refractivity contribution >= 4 is 11.8 Å². The zero-order chi connectivity index (χ0) is 10.3. The van der Waals surface area contributed by atoms with Crippen LogP contribution in [0.15, 0.2) is 17.0 Å². The third-order valence-electron chi connectivity index (χ3n) is 3.61. The van der Waals surface area contributed by atoms with E-state index in [1.54, 1.807) is 16.7 Å². The predicted molar refractivity (Wildman–Crippen MR) is 65.6 cm³/mol. The maximum absolute atomic E-state index is 3.44. The Morgan fingerprint density at radius 3 is 2.87 bits per heavy atom. The summed E-state index contributed by atoms with van der Waals surface area (Å²) >= 11 is 2.03. The summed E-state index contributed by atoms with van der Waals surface area (Å²) in [6, 6.07) is 5.50. The van der Waals surface area contributed by atoms with Crippen LogP contribution in [0.25, 0.3) is 0 Å². The van der Waals surface area contributed by atoms with Gasteiger partial charge in [0.15, 0.2) is 0 Å². The smallest absolute Gasteiger partial charge is 0.0336 e. The maximum atomic E-state index is 3.44. The summed E-state index contributed by atoms with van der Waals surface area (Å²) in [7, 11) is 2.08. The Morgan fingerprint density at radius 1 is 1.27 bits per heavy atom. The highest BCUT2D eigenvalue weighted by atomic mass is 32.2. The first-order valence-corrected chi connectivity index (χ1v) is 6.83. The van der Waals surface area contributed by atoms with Gasteiger partial charge in [-0.15, -0.1) is 11.8 Å². The zero-order valence-electron chi connectivity index (χ0n) is 9.18. The second-order valence-corrected chi connectivity index (χ2v) is 5.63. The van der Waals surface area contributed by atoms with Crippen LogP contribution >= 0.6 is 11.8 Å².